The van der Waals surface area contributed by atoms with Gasteiger partial charge in [0.2, 0.25) is 5.91 Å². The number of hydrogen-bond donors (Lipinski definition) is 1. The van der Waals surface area contributed by atoms with Crippen molar-refractivity contribution in [3.8, 4) is 11.5 Å². The molecule has 8 nitrogen and oxygen atoms in total. The van der Waals surface area contributed by atoms with Crippen LogP contribution in [0.5, 0.6) is 0 Å². The third-order valence-electron chi connectivity index (χ3n) is 4.81. The molecule has 0 fully saturated rings. The number of aromatic nitrogens is 4. The number of carbonyl (C=O) groups is 1. The summed E-state index contributed by atoms with van der Waals surface area (Å²) in [6.07, 6.45) is 3.17. The Morgan fingerprint density at radius 3 is 2.80 bits per heavy atom. The zero-order chi connectivity index (χ0) is 20.7. The number of furan rings is 1. The summed E-state index contributed by atoms with van der Waals surface area (Å²) in [7, 11) is 0. The summed E-state index contributed by atoms with van der Waals surface area (Å²) in [6, 6.07) is 16.1. The Hall–Kier alpha value is -4.20. The second-order valence-electron chi connectivity index (χ2n) is 6.96. The topological polar surface area (TPSA) is 94.4 Å². The van der Waals surface area contributed by atoms with E-state index >= 15 is 0 Å². The zero-order valence-electron chi connectivity index (χ0n) is 16.1. The first kappa shape index (κ1) is 17.9. The molecule has 4 heterocycles. The molecule has 1 aromatic carbocycles. The van der Waals surface area contributed by atoms with Crippen molar-refractivity contribution < 1.29 is 9.21 Å². The summed E-state index contributed by atoms with van der Waals surface area (Å²) < 4.78 is 8.31. The summed E-state index contributed by atoms with van der Waals surface area (Å²) in [5.74, 6) is 0.244. The predicted octanol–water partition coefficient (Wildman–Crippen LogP) is 3.25. The minimum atomic E-state index is -0.333. The molecule has 5 aromatic rings. The molecule has 0 saturated heterocycles. The Morgan fingerprint density at radius 2 is 2.00 bits per heavy atom. The van der Waals surface area contributed by atoms with E-state index in [-0.39, 0.29) is 18.0 Å². The monoisotopic (exact) mass is 399 g/mol. The number of amides is 1. The Bertz CT molecular complexity index is 1450. The van der Waals surface area contributed by atoms with Gasteiger partial charge in [-0.1, -0.05) is 12.1 Å². The molecule has 0 aliphatic carbocycles. The van der Waals surface area contributed by atoms with E-state index in [1.54, 1.807) is 42.8 Å². The second-order valence-corrected chi connectivity index (χ2v) is 6.96. The molecule has 0 atom stereocenters. The van der Waals surface area contributed by atoms with Crippen molar-refractivity contribution in [2.45, 2.75) is 13.5 Å². The van der Waals surface area contributed by atoms with Crippen LogP contribution >= 0.6 is 0 Å². The second kappa shape index (κ2) is 7.00. The quantitative estimate of drug-likeness (QED) is 0.501. The molecule has 1 N–H and O–H groups in total. The van der Waals surface area contributed by atoms with E-state index in [1.165, 1.54) is 9.08 Å². The molecule has 30 heavy (non-hydrogen) atoms. The molecule has 0 radical (unpaired) electrons. The van der Waals surface area contributed by atoms with Gasteiger partial charge in [-0.3, -0.25) is 14.2 Å². The lowest BCUT2D eigenvalue weighted by atomic mass is 10.2. The molecule has 8 heteroatoms. The predicted molar refractivity (Wildman–Crippen MR) is 112 cm³/mol. The maximum Gasteiger partial charge on any atom is 0.277 e. The van der Waals surface area contributed by atoms with Crippen LogP contribution in [0, 0.1) is 6.92 Å². The van der Waals surface area contributed by atoms with Crippen LogP contribution in [0.15, 0.2) is 76.3 Å². The van der Waals surface area contributed by atoms with Crippen molar-refractivity contribution in [3.05, 3.63) is 83.0 Å². The van der Waals surface area contributed by atoms with Crippen LogP contribution in [0.4, 0.5) is 5.69 Å². The fourth-order valence-electron chi connectivity index (χ4n) is 3.47. The van der Waals surface area contributed by atoms with Gasteiger partial charge in [0.15, 0.2) is 11.4 Å². The average molecular weight is 399 g/mol. The smallest absolute Gasteiger partial charge is 0.277 e. The third kappa shape index (κ3) is 3.04. The number of benzene rings is 1. The van der Waals surface area contributed by atoms with Gasteiger partial charge in [0.05, 0.1) is 11.8 Å². The number of anilines is 1. The van der Waals surface area contributed by atoms with Crippen LogP contribution in [0.25, 0.3) is 28.1 Å². The molecule has 0 unspecified atom stereocenters. The highest BCUT2D eigenvalue weighted by Crippen LogP contribution is 2.21. The SMILES string of the molecule is Cc1cccc(NC(=O)Cn2c(=O)c3cc(-c4ccco4)nn3c3ncccc32)c1. The van der Waals surface area contributed by atoms with Crippen LogP contribution in [-0.2, 0) is 11.3 Å². The lowest BCUT2D eigenvalue weighted by molar-refractivity contribution is -0.116. The summed E-state index contributed by atoms with van der Waals surface area (Å²) in [5, 5.41) is 7.33. The number of hydrogen-bond acceptors (Lipinski definition) is 5. The van der Waals surface area contributed by atoms with Crippen molar-refractivity contribution in [1.29, 1.82) is 0 Å². The average Bonchev–Trinajstić information content (AvgIpc) is 3.41. The molecule has 5 rings (SSSR count). The number of aryl methyl sites for hydroxylation is 1. The summed E-state index contributed by atoms with van der Waals surface area (Å²) >= 11 is 0. The van der Waals surface area contributed by atoms with Crippen molar-refractivity contribution in [2.24, 2.45) is 0 Å². The zero-order valence-corrected chi connectivity index (χ0v) is 16.1. The number of carbonyl (C=O) groups excluding carboxylic acids is 1. The first-order valence-corrected chi connectivity index (χ1v) is 9.38. The van der Waals surface area contributed by atoms with Crippen LogP contribution in [0.1, 0.15) is 5.56 Å². The maximum atomic E-state index is 13.2. The first-order chi connectivity index (χ1) is 14.6. The number of nitrogens with zero attached hydrogens (tertiary/aromatic N) is 4. The molecule has 0 bridgehead atoms. The summed E-state index contributed by atoms with van der Waals surface area (Å²) in [6.45, 7) is 1.80. The van der Waals surface area contributed by atoms with E-state index in [0.717, 1.165) is 5.56 Å². The van der Waals surface area contributed by atoms with Crippen LogP contribution in [0.3, 0.4) is 0 Å². The van der Waals surface area contributed by atoms with E-state index in [0.29, 0.717) is 33.8 Å². The van der Waals surface area contributed by atoms with E-state index in [9.17, 15) is 9.59 Å². The molecular weight excluding hydrogens is 382 g/mol. The fourth-order valence-corrected chi connectivity index (χ4v) is 3.47. The normalized spacial score (nSPS) is 11.2. The maximum absolute atomic E-state index is 13.2. The number of fused-ring (bicyclic) bond motifs is 3. The van der Waals surface area contributed by atoms with Crippen molar-refractivity contribution in [2.75, 3.05) is 5.32 Å². The molecule has 0 aliphatic heterocycles. The lowest BCUT2D eigenvalue weighted by Crippen LogP contribution is -2.29. The lowest BCUT2D eigenvalue weighted by Gasteiger charge is -2.11. The molecule has 0 saturated carbocycles. The van der Waals surface area contributed by atoms with Crippen LogP contribution in [-0.4, -0.2) is 25.1 Å². The standard InChI is InChI=1S/C22H17N5O3/c1-14-5-2-6-15(11-14)24-20(28)13-26-17-7-3-9-23-21(17)27-18(22(26)29)12-16(25-27)19-8-4-10-30-19/h2-12H,13H2,1H3,(H,24,28). The third-order valence-corrected chi connectivity index (χ3v) is 4.81. The highest BCUT2D eigenvalue weighted by atomic mass is 16.3. The Kier molecular flexibility index (Phi) is 4.17. The van der Waals surface area contributed by atoms with E-state index in [4.69, 9.17) is 4.42 Å². The van der Waals surface area contributed by atoms with Crippen LogP contribution < -0.4 is 10.9 Å². The van der Waals surface area contributed by atoms with Gasteiger partial charge in [-0.2, -0.15) is 5.10 Å². The molecule has 4 aromatic heterocycles. The summed E-state index contributed by atoms with van der Waals surface area (Å²) in [5.41, 5.74) is 3.21. The Morgan fingerprint density at radius 1 is 1.10 bits per heavy atom. The highest BCUT2D eigenvalue weighted by Gasteiger charge is 2.18. The van der Waals surface area contributed by atoms with Gasteiger partial charge in [-0.25, -0.2) is 9.50 Å². The number of nitrogens with one attached hydrogen (secondary N) is 1. The van der Waals surface area contributed by atoms with Gasteiger partial charge in [0, 0.05) is 18.0 Å². The minimum Gasteiger partial charge on any atom is -0.463 e. The summed E-state index contributed by atoms with van der Waals surface area (Å²) in [4.78, 5) is 30.3. The highest BCUT2D eigenvalue weighted by molar-refractivity contribution is 5.91. The molecule has 0 aliphatic rings. The van der Waals surface area contributed by atoms with Gasteiger partial charge in [-0.15, -0.1) is 0 Å². The number of rotatable bonds is 4. The van der Waals surface area contributed by atoms with Gasteiger partial charge >= 0.3 is 0 Å². The van der Waals surface area contributed by atoms with Gasteiger partial charge in [-0.05, 0) is 48.9 Å². The molecular formula is C22H17N5O3. The largest absolute Gasteiger partial charge is 0.463 e. The Balaban J connectivity index is 1.61. The number of pyridine rings is 1. The molecule has 1 amide bonds. The fraction of sp³-hybridized carbons (Fsp3) is 0.0909. The first-order valence-electron chi connectivity index (χ1n) is 9.38. The van der Waals surface area contributed by atoms with Crippen molar-refractivity contribution in [3.63, 3.8) is 0 Å². The van der Waals surface area contributed by atoms with E-state index in [1.807, 2.05) is 31.2 Å². The van der Waals surface area contributed by atoms with Crippen molar-refractivity contribution in [1.82, 2.24) is 19.2 Å². The molecule has 148 valence electrons. The van der Waals surface area contributed by atoms with Gasteiger partial charge in [0.25, 0.3) is 5.56 Å². The van der Waals surface area contributed by atoms with E-state index < -0.39 is 0 Å². The van der Waals surface area contributed by atoms with Crippen LogP contribution in [0.2, 0.25) is 0 Å². The molecule has 0 spiro atoms. The Labute approximate surface area is 170 Å². The van der Waals surface area contributed by atoms with Crippen molar-refractivity contribution >= 4 is 28.3 Å². The van der Waals surface area contributed by atoms with E-state index in [2.05, 4.69) is 15.4 Å². The van der Waals surface area contributed by atoms with Gasteiger partial charge in [0.1, 0.15) is 17.8 Å². The van der Waals surface area contributed by atoms with Gasteiger partial charge < -0.3 is 9.73 Å². The minimum absolute atomic E-state index is 0.146.